The first-order valence-electron chi connectivity index (χ1n) is 5.91. The molecule has 100 valence electrons. The third-order valence-corrected chi connectivity index (χ3v) is 4.17. The Morgan fingerprint density at radius 2 is 2.39 bits per heavy atom. The Hall–Kier alpha value is -1.35. The summed E-state index contributed by atoms with van der Waals surface area (Å²) in [6.07, 6.45) is 6.09. The minimum absolute atomic E-state index is 0.000863. The molecule has 5 nitrogen and oxygen atoms in total. The lowest BCUT2D eigenvalue weighted by atomic mass is 10.2. The van der Waals surface area contributed by atoms with Crippen LogP contribution in [-0.2, 0) is 4.79 Å². The molecule has 0 bridgehead atoms. The van der Waals surface area contributed by atoms with E-state index in [0.717, 1.165) is 12.2 Å². The number of nitrogens with zero attached hydrogens (tertiary/aromatic N) is 1. The summed E-state index contributed by atoms with van der Waals surface area (Å²) in [5, 5.41) is 11.8. The lowest BCUT2D eigenvalue weighted by Gasteiger charge is -2.32. The number of aliphatic carboxylic acids is 1. The van der Waals surface area contributed by atoms with E-state index in [2.05, 4.69) is 18.2 Å². The fraction of sp³-hybridized carbons (Fsp3) is 0.667. The number of terminal acetylenes is 1. The molecule has 0 spiro atoms. The number of rotatable bonds is 4. The predicted molar refractivity (Wildman–Crippen MR) is 71.5 cm³/mol. The van der Waals surface area contributed by atoms with Crippen molar-refractivity contribution >= 4 is 23.8 Å². The third kappa shape index (κ3) is 4.15. The molecule has 0 aromatic carbocycles. The van der Waals surface area contributed by atoms with E-state index in [1.54, 1.807) is 4.90 Å². The van der Waals surface area contributed by atoms with Crippen LogP contribution in [0.5, 0.6) is 0 Å². The zero-order valence-corrected chi connectivity index (χ0v) is 11.2. The lowest BCUT2D eigenvalue weighted by Crippen LogP contribution is -2.51. The molecule has 1 heterocycles. The molecular weight excluding hydrogens is 252 g/mol. The van der Waals surface area contributed by atoms with Crippen LogP contribution in [0.3, 0.4) is 0 Å². The van der Waals surface area contributed by atoms with Gasteiger partial charge in [0.25, 0.3) is 0 Å². The first-order chi connectivity index (χ1) is 8.58. The molecular formula is C12H18N2O3S. The van der Waals surface area contributed by atoms with Crippen LogP contribution in [0.4, 0.5) is 4.79 Å². The largest absolute Gasteiger partial charge is 0.480 e. The summed E-state index contributed by atoms with van der Waals surface area (Å²) in [4.78, 5) is 24.5. The van der Waals surface area contributed by atoms with Crippen molar-refractivity contribution in [1.29, 1.82) is 0 Å². The molecule has 0 aliphatic carbocycles. The first-order valence-corrected chi connectivity index (χ1v) is 6.96. The summed E-state index contributed by atoms with van der Waals surface area (Å²) in [7, 11) is 0. The average Bonchev–Trinajstić information content (AvgIpc) is 2.38. The molecule has 1 saturated heterocycles. The van der Waals surface area contributed by atoms with Gasteiger partial charge >= 0.3 is 12.0 Å². The van der Waals surface area contributed by atoms with Crippen molar-refractivity contribution in [3.05, 3.63) is 0 Å². The number of hydrogen-bond acceptors (Lipinski definition) is 3. The molecule has 0 aromatic heterocycles. The highest BCUT2D eigenvalue weighted by Crippen LogP contribution is 2.21. The van der Waals surface area contributed by atoms with Crippen molar-refractivity contribution in [2.24, 2.45) is 0 Å². The molecule has 2 unspecified atom stereocenters. The fourth-order valence-corrected chi connectivity index (χ4v) is 2.89. The van der Waals surface area contributed by atoms with Crippen LogP contribution >= 0.6 is 11.8 Å². The van der Waals surface area contributed by atoms with Gasteiger partial charge in [-0.05, 0) is 6.42 Å². The summed E-state index contributed by atoms with van der Waals surface area (Å²) in [6.45, 7) is 3.39. The van der Waals surface area contributed by atoms with Crippen molar-refractivity contribution in [2.75, 3.05) is 18.8 Å². The Bertz CT molecular complexity index is 354. The van der Waals surface area contributed by atoms with E-state index in [1.807, 2.05) is 11.8 Å². The van der Waals surface area contributed by atoms with E-state index in [1.165, 1.54) is 0 Å². The smallest absolute Gasteiger partial charge is 0.327 e. The average molecular weight is 270 g/mol. The van der Waals surface area contributed by atoms with E-state index in [-0.39, 0.29) is 12.5 Å². The highest BCUT2D eigenvalue weighted by atomic mass is 32.2. The van der Waals surface area contributed by atoms with Gasteiger partial charge in [0.15, 0.2) is 0 Å². The summed E-state index contributed by atoms with van der Waals surface area (Å²) >= 11 is 1.85. The lowest BCUT2D eigenvalue weighted by molar-refractivity contribution is -0.139. The second kappa shape index (κ2) is 7.17. The van der Waals surface area contributed by atoms with Gasteiger partial charge in [0, 0.05) is 30.5 Å². The number of thioether (sulfide) groups is 1. The van der Waals surface area contributed by atoms with Crippen molar-refractivity contribution in [3.63, 3.8) is 0 Å². The highest BCUT2D eigenvalue weighted by Gasteiger charge is 2.26. The van der Waals surface area contributed by atoms with E-state index in [0.29, 0.717) is 18.3 Å². The zero-order chi connectivity index (χ0) is 13.5. The summed E-state index contributed by atoms with van der Waals surface area (Å²) in [5.41, 5.74) is 0. The molecule has 6 heteroatoms. The molecule has 1 aliphatic heterocycles. The summed E-state index contributed by atoms with van der Waals surface area (Å²) < 4.78 is 0. The van der Waals surface area contributed by atoms with Crippen LogP contribution in [0.1, 0.15) is 19.8 Å². The van der Waals surface area contributed by atoms with Crippen molar-refractivity contribution < 1.29 is 14.7 Å². The molecule has 2 atom stereocenters. The maximum absolute atomic E-state index is 11.9. The van der Waals surface area contributed by atoms with Gasteiger partial charge in [0.2, 0.25) is 0 Å². The quantitative estimate of drug-likeness (QED) is 0.748. The van der Waals surface area contributed by atoms with Crippen LogP contribution in [-0.4, -0.2) is 52.1 Å². The van der Waals surface area contributed by atoms with E-state index in [9.17, 15) is 9.59 Å². The van der Waals surface area contributed by atoms with Crippen molar-refractivity contribution in [2.45, 2.75) is 31.1 Å². The maximum Gasteiger partial charge on any atom is 0.327 e. The number of carbonyl (C=O) groups is 2. The number of carbonyl (C=O) groups excluding carboxylic acids is 1. The number of amides is 2. The van der Waals surface area contributed by atoms with Crippen molar-refractivity contribution in [3.8, 4) is 12.3 Å². The summed E-state index contributed by atoms with van der Waals surface area (Å²) in [5.74, 6) is 2.05. The zero-order valence-electron chi connectivity index (χ0n) is 10.4. The molecule has 2 amide bonds. The number of hydrogen-bond donors (Lipinski definition) is 2. The molecule has 0 aromatic rings. The normalized spacial score (nSPS) is 20.9. The van der Waals surface area contributed by atoms with Gasteiger partial charge < -0.3 is 15.3 Å². The van der Waals surface area contributed by atoms with Gasteiger partial charge in [0.05, 0.1) is 0 Å². The standard InChI is InChI=1S/C12H18N2O3S/c1-3-5-10(11(15)16)13-12(17)14-6-7-18-9(4-2)8-14/h1,9-10H,4-8H2,2H3,(H,13,17)(H,15,16). The Morgan fingerprint density at radius 1 is 1.67 bits per heavy atom. The van der Waals surface area contributed by atoms with Crippen molar-refractivity contribution in [1.82, 2.24) is 10.2 Å². The number of carboxylic acids is 1. The molecule has 0 radical (unpaired) electrons. The Morgan fingerprint density at radius 3 is 2.94 bits per heavy atom. The molecule has 1 aliphatic rings. The third-order valence-electron chi connectivity index (χ3n) is 2.80. The van der Waals surface area contributed by atoms with E-state index in [4.69, 9.17) is 11.5 Å². The first kappa shape index (κ1) is 14.7. The van der Waals surface area contributed by atoms with Gasteiger partial charge in [-0.3, -0.25) is 0 Å². The Kier molecular flexibility index (Phi) is 5.86. The van der Waals surface area contributed by atoms with E-state index < -0.39 is 12.0 Å². The van der Waals surface area contributed by atoms with Gasteiger partial charge in [-0.1, -0.05) is 6.92 Å². The van der Waals surface area contributed by atoms with Gasteiger partial charge in [-0.25, -0.2) is 9.59 Å². The second-order valence-corrected chi connectivity index (χ2v) is 5.50. The monoisotopic (exact) mass is 270 g/mol. The second-order valence-electron chi connectivity index (χ2n) is 4.10. The Balaban J connectivity index is 2.53. The maximum atomic E-state index is 11.9. The fourth-order valence-electron chi connectivity index (χ4n) is 1.71. The van der Waals surface area contributed by atoms with Crippen LogP contribution in [0, 0.1) is 12.3 Å². The number of carboxylic acid groups (broad SMARTS) is 1. The summed E-state index contributed by atoms with van der Waals surface area (Å²) in [6, 6.07) is -1.34. The minimum atomic E-state index is -1.10. The van der Waals surface area contributed by atoms with E-state index >= 15 is 0 Å². The highest BCUT2D eigenvalue weighted by molar-refractivity contribution is 8.00. The van der Waals surface area contributed by atoms with Crippen LogP contribution in [0.2, 0.25) is 0 Å². The predicted octanol–water partition coefficient (Wildman–Crippen LogP) is 1.000. The SMILES string of the molecule is C#CCC(NC(=O)N1CCSC(CC)C1)C(=O)O. The minimum Gasteiger partial charge on any atom is -0.480 e. The topological polar surface area (TPSA) is 69.6 Å². The van der Waals surface area contributed by atoms with Crippen LogP contribution in [0.15, 0.2) is 0 Å². The molecule has 1 fully saturated rings. The van der Waals surface area contributed by atoms with Gasteiger partial charge in [-0.15, -0.1) is 12.3 Å². The Labute approximate surface area is 111 Å². The number of urea groups is 1. The van der Waals surface area contributed by atoms with Crippen LogP contribution < -0.4 is 5.32 Å². The molecule has 18 heavy (non-hydrogen) atoms. The number of nitrogens with one attached hydrogen (secondary N) is 1. The van der Waals surface area contributed by atoms with Crippen LogP contribution in [0.25, 0.3) is 0 Å². The van der Waals surface area contributed by atoms with Gasteiger partial charge in [0.1, 0.15) is 6.04 Å². The molecule has 2 N–H and O–H groups in total. The van der Waals surface area contributed by atoms with Gasteiger partial charge in [-0.2, -0.15) is 11.8 Å². The molecule has 0 saturated carbocycles. The molecule has 1 rings (SSSR count).